The van der Waals surface area contributed by atoms with Crippen molar-refractivity contribution in [3.8, 4) is 5.75 Å². The molecule has 1 atom stereocenters. The fourth-order valence-electron chi connectivity index (χ4n) is 1.77. The zero-order chi connectivity index (χ0) is 14.7. The summed E-state index contributed by atoms with van der Waals surface area (Å²) in [7, 11) is 0. The van der Waals surface area contributed by atoms with Gasteiger partial charge in [-0.2, -0.15) is 0 Å². The van der Waals surface area contributed by atoms with Crippen LogP contribution in [-0.4, -0.2) is 5.11 Å². The number of halogens is 3. The SMILES string of the molecule is C[C@@H](O)c1cc(Br)ccc1OCc1ccc(F)c(F)c1. The highest BCUT2D eigenvalue weighted by atomic mass is 79.9. The summed E-state index contributed by atoms with van der Waals surface area (Å²) < 4.78 is 32.3. The summed E-state index contributed by atoms with van der Waals surface area (Å²) in [5.41, 5.74) is 1.14. The van der Waals surface area contributed by atoms with E-state index in [-0.39, 0.29) is 6.61 Å². The van der Waals surface area contributed by atoms with E-state index in [1.54, 1.807) is 25.1 Å². The lowest BCUT2D eigenvalue weighted by molar-refractivity contribution is 0.190. The molecule has 0 spiro atoms. The average Bonchev–Trinajstić information content (AvgIpc) is 2.41. The third kappa shape index (κ3) is 3.55. The third-order valence-electron chi connectivity index (χ3n) is 2.80. The van der Waals surface area contributed by atoms with E-state index >= 15 is 0 Å². The van der Waals surface area contributed by atoms with E-state index in [0.29, 0.717) is 16.9 Å². The van der Waals surface area contributed by atoms with Gasteiger partial charge in [0.15, 0.2) is 11.6 Å². The van der Waals surface area contributed by atoms with Crippen molar-refractivity contribution in [3.05, 3.63) is 63.6 Å². The Hall–Kier alpha value is -1.46. The molecule has 0 bridgehead atoms. The first-order valence-electron chi connectivity index (χ1n) is 6.01. The predicted molar refractivity (Wildman–Crippen MR) is 75.5 cm³/mol. The van der Waals surface area contributed by atoms with E-state index in [2.05, 4.69) is 15.9 Å². The van der Waals surface area contributed by atoms with Crippen LogP contribution in [0.5, 0.6) is 5.75 Å². The van der Waals surface area contributed by atoms with Crippen LogP contribution in [0.25, 0.3) is 0 Å². The predicted octanol–water partition coefficient (Wildman–Crippen LogP) is 4.36. The monoisotopic (exact) mass is 342 g/mol. The molecule has 0 unspecified atom stereocenters. The molecule has 2 rings (SSSR count). The molecule has 5 heteroatoms. The van der Waals surface area contributed by atoms with Crippen molar-refractivity contribution in [3.63, 3.8) is 0 Å². The summed E-state index contributed by atoms with van der Waals surface area (Å²) in [5, 5.41) is 9.70. The van der Waals surface area contributed by atoms with Crippen LogP contribution in [0.4, 0.5) is 8.78 Å². The lowest BCUT2D eigenvalue weighted by Gasteiger charge is -2.14. The second-order valence-corrected chi connectivity index (χ2v) is 5.31. The van der Waals surface area contributed by atoms with Crippen molar-refractivity contribution < 1.29 is 18.6 Å². The molecule has 2 nitrogen and oxygen atoms in total. The van der Waals surface area contributed by atoms with Crippen LogP contribution in [-0.2, 0) is 6.61 Å². The molecule has 2 aromatic carbocycles. The van der Waals surface area contributed by atoms with E-state index in [1.807, 2.05) is 0 Å². The molecule has 0 amide bonds. The number of ether oxygens (including phenoxy) is 1. The maximum Gasteiger partial charge on any atom is 0.159 e. The molecule has 0 fully saturated rings. The van der Waals surface area contributed by atoms with Crippen molar-refractivity contribution >= 4 is 15.9 Å². The van der Waals surface area contributed by atoms with Gasteiger partial charge in [0.1, 0.15) is 12.4 Å². The van der Waals surface area contributed by atoms with Crippen LogP contribution in [0.2, 0.25) is 0 Å². The molecule has 0 radical (unpaired) electrons. The molecule has 0 saturated carbocycles. The van der Waals surface area contributed by atoms with Gasteiger partial charge in [-0.25, -0.2) is 8.78 Å². The minimum absolute atomic E-state index is 0.0958. The summed E-state index contributed by atoms with van der Waals surface area (Å²) in [5.74, 6) is -1.28. The van der Waals surface area contributed by atoms with Gasteiger partial charge in [0, 0.05) is 10.0 Å². The highest BCUT2D eigenvalue weighted by Crippen LogP contribution is 2.29. The molecule has 0 aliphatic rings. The Morgan fingerprint density at radius 2 is 1.90 bits per heavy atom. The van der Waals surface area contributed by atoms with E-state index in [0.717, 1.165) is 16.6 Å². The number of aliphatic hydroxyl groups is 1. The Kier molecular flexibility index (Phi) is 4.73. The lowest BCUT2D eigenvalue weighted by Crippen LogP contribution is -2.01. The molecular formula is C15H13BrF2O2. The number of hydrogen-bond acceptors (Lipinski definition) is 2. The van der Waals surface area contributed by atoms with Gasteiger partial charge in [-0.05, 0) is 42.8 Å². The molecule has 0 aliphatic carbocycles. The van der Waals surface area contributed by atoms with Gasteiger partial charge in [0.25, 0.3) is 0 Å². The van der Waals surface area contributed by atoms with Crippen LogP contribution in [0.15, 0.2) is 40.9 Å². The van der Waals surface area contributed by atoms with Crippen LogP contribution in [0.3, 0.4) is 0 Å². The van der Waals surface area contributed by atoms with Gasteiger partial charge in [0.2, 0.25) is 0 Å². The Labute approximate surface area is 124 Å². The molecule has 20 heavy (non-hydrogen) atoms. The minimum Gasteiger partial charge on any atom is -0.489 e. The smallest absolute Gasteiger partial charge is 0.159 e. The van der Waals surface area contributed by atoms with Crippen LogP contribution < -0.4 is 4.74 Å². The number of aliphatic hydroxyl groups excluding tert-OH is 1. The molecule has 0 aromatic heterocycles. The van der Waals surface area contributed by atoms with Gasteiger partial charge >= 0.3 is 0 Å². The highest BCUT2D eigenvalue weighted by Gasteiger charge is 2.10. The Balaban J connectivity index is 2.16. The van der Waals surface area contributed by atoms with Crippen molar-refractivity contribution in [2.75, 3.05) is 0 Å². The van der Waals surface area contributed by atoms with Gasteiger partial charge in [0.05, 0.1) is 6.10 Å². The summed E-state index contributed by atoms with van der Waals surface area (Å²) >= 11 is 3.32. The van der Waals surface area contributed by atoms with Gasteiger partial charge < -0.3 is 9.84 Å². The summed E-state index contributed by atoms with van der Waals surface area (Å²) in [6, 6.07) is 8.87. The van der Waals surface area contributed by atoms with Gasteiger partial charge in [-0.1, -0.05) is 22.0 Å². The topological polar surface area (TPSA) is 29.5 Å². The largest absolute Gasteiger partial charge is 0.489 e. The maximum atomic E-state index is 13.1. The second-order valence-electron chi connectivity index (χ2n) is 4.40. The summed E-state index contributed by atoms with van der Waals surface area (Å²) in [4.78, 5) is 0. The molecule has 106 valence electrons. The molecule has 0 aliphatic heterocycles. The Bertz CT molecular complexity index is 615. The molecule has 2 aromatic rings. The standard InChI is InChI=1S/C15H13BrF2O2/c1-9(19)12-7-11(16)3-5-15(12)20-8-10-2-4-13(17)14(18)6-10/h2-7,9,19H,8H2,1H3/t9-/m1/s1. The fraction of sp³-hybridized carbons (Fsp3) is 0.200. The molecule has 0 heterocycles. The van der Waals surface area contributed by atoms with Gasteiger partial charge in [-0.15, -0.1) is 0 Å². The Morgan fingerprint density at radius 1 is 1.15 bits per heavy atom. The zero-order valence-electron chi connectivity index (χ0n) is 10.7. The van der Waals surface area contributed by atoms with Crippen molar-refractivity contribution in [2.45, 2.75) is 19.6 Å². The molecule has 1 N–H and O–H groups in total. The molecule has 0 saturated heterocycles. The van der Waals surface area contributed by atoms with Crippen molar-refractivity contribution in [1.29, 1.82) is 0 Å². The zero-order valence-corrected chi connectivity index (χ0v) is 12.3. The van der Waals surface area contributed by atoms with E-state index in [9.17, 15) is 13.9 Å². The number of benzene rings is 2. The summed E-state index contributed by atoms with van der Waals surface area (Å²) in [6.45, 7) is 1.73. The van der Waals surface area contributed by atoms with Crippen molar-refractivity contribution in [1.82, 2.24) is 0 Å². The van der Waals surface area contributed by atoms with Crippen LogP contribution in [0, 0.1) is 11.6 Å². The molecular weight excluding hydrogens is 330 g/mol. The van der Waals surface area contributed by atoms with Crippen LogP contribution in [0.1, 0.15) is 24.2 Å². The lowest BCUT2D eigenvalue weighted by atomic mass is 10.1. The third-order valence-corrected chi connectivity index (χ3v) is 3.29. The fourth-order valence-corrected chi connectivity index (χ4v) is 2.15. The van der Waals surface area contributed by atoms with Crippen LogP contribution >= 0.6 is 15.9 Å². The minimum atomic E-state index is -0.905. The highest BCUT2D eigenvalue weighted by molar-refractivity contribution is 9.10. The first kappa shape index (κ1) is 14.9. The summed E-state index contributed by atoms with van der Waals surface area (Å²) in [6.07, 6.45) is -0.688. The normalized spacial score (nSPS) is 12.2. The van der Waals surface area contributed by atoms with E-state index < -0.39 is 17.7 Å². The van der Waals surface area contributed by atoms with Crippen molar-refractivity contribution in [2.24, 2.45) is 0 Å². The first-order valence-corrected chi connectivity index (χ1v) is 6.81. The first-order chi connectivity index (χ1) is 9.47. The second kappa shape index (κ2) is 6.33. The van der Waals surface area contributed by atoms with E-state index in [4.69, 9.17) is 4.74 Å². The van der Waals surface area contributed by atoms with Gasteiger partial charge in [-0.3, -0.25) is 0 Å². The Morgan fingerprint density at radius 3 is 2.55 bits per heavy atom. The number of rotatable bonds is 4. The number of hydrogen-bond donors (Lipinski definition) is 1. The quantitative estimate of drug-likeness (QED) is 0.894. The average molecular weight is 343 g/mol. The maximum absolute atomic E-state index is 13.1. The van der Waals surface area contributed by atoms with E-state index in [1.165, 1.54) is 6.07 Å².